The third-order valence-electron chi connectivity index (χ3n) is 2.54. The first-order valence-electron chi connectivity index (χ1n) is 5.53. The van der Waals surface area contributed by atoms with Crippen LogP contribution in [0.25, 0.3) is 0 Å². The summed E-state index contributed by atoms with van der Waals surface area (Å²) in [5.41, 5.74) is 1.23. The minimum Gasteiger partial charge on any atom is -0.487 e. The smallest absolute Gasteiger partial charge is 0.170 e. The Hall–Kier alpha value is -1.25. The fourth-order valence-corrected chi connectivity index (χ4v) is 1.46. The molecule has 0 unspecified atom stereocenters. The second-order valence-electron chi connectivity index (χ2n) is 4.23. The van der Waals surface area contributed by atoms with Gasteiger partial charge < -0.3 is 9.64 Å². The van der Waals surface area contributed by atoms with Gasteiger partial charge in [-0.3, -0.25) is 0 Å². The van der Waals surface area contributed by atoms with Crippen LogP contribution >= 0.6 is 0 Å². The zero-order valence-electron chi connectivity index (χ0n) is 9.66. The standard InChI is InChI=1S/C12H18N2O/c1-4-9-7-11(15-10-5-6-10)12(13-8-9)14(2)3/h7-8,10H,4-6H2,1-3H3. The van der Waals surface area contributed by atoms with Crippen molar-refractivity contribution >= 4 is 5.82 Å². The molecule has 0 bridgehead atoms. The molecular formula is C12H18N2O. The number of hydrogen-bond acceptors (Lipinski definition) is 3. The number of hydrogen-bond donors (Lipinski definition) is 0. The van der Waals surface area contributed by atoms with Crippen LogP contribution in [0.15, 0.2) is 12.3 Å². The number of anilines is 1. The molecule has 1 aromatic rings. The molecule has 1 aliphatic rings. The molecule has 82 valence electrons. The molecule has 0 spiro atoms. The van der Waals surface area contributed by atoms with Crippen LogP contribution in [0, 0.1) is 0 Å². The number of aromatic nitrogens is 1. The average molecular weight is 206 g/mol. The van der Waals surface area contributed by atoms with Crippen molar-refractivity contribution in [2.24, 2.45) is 0 Å². The van der Waals surface area contributed by atoms with Crippen LogP contribution in [0.4, 0.5) is 5.82 Å². The van der Waals surface area contributed by atoms with Crippen molar-refractivity contribution < 1.29 is 4.74 Å². The second-order valence-corrected chi connectivity index (χ2v) is 4.23. The Bertz CT molecular complexity index is 345. The van der Waals surface area contributed by atoms with Crippen molar-refractivity contribution in [3.8, 4) is 5.75 Å². The molecule has 3 heteroatoms. The maximum absolute atomic E-state index is 5.86. The van der Waals surface area contributed by atoms with Crippen molar-refractivity contribution in [3.63, 3.8) is 0 Å². The van der Waals surface area contributed by atoms with Crippen molar-refractivity contribution in [3.05, 3.63) is 17.8 Å². The Labute approximate surface area is 91.1 Å². The van der Waals surface area contributed by atoms with Gasteiger partial charge in [0, 0.05) is 20.3 Å². The van der Waals surface area contributed by atoms with Gasteiger partial charge in [0.1, 0.15) is 0 Å². The number of aryl methyl sites for hydroxylation is 1. The normalized spacial score (nSPS) is 15.1. The Kier molecular flexibility index (Phi) is 2.80. The van der Waals surface area contributed by atoms with E-state index >= 15 is 0 Å². The molecule has 1 heterocycles. The lowest BCUT2D eigenvalue weighted by Crippen LogP contribution is -2.13. The van der Waals surface area contributed by atoms with Gasteiger partial charge in [-0.25, -0.2) is 4.98 Å². The van der Waals surface area contributed by atoms with Crippen LogP contribution in [0.5, 0.6) is 5.75 Å². The highest BCUT2D eigenvalue weighted by Crippen LogP contribution is 2.32. The van der Waals surface area contributed by atoms with Gasteiger partial charge in [0.05, 0.1) is 6.10 Å². The van der Waals surface area contributed by atoms with Crippen LogP contribution in [-0.2, 0) is 6.42 Å². The van der Waals surface area contributed by atoms with Gasteiger partial charge in [-0.05, 0) is 30.9 Å². The zero-order valence-corrected chi connectivity index (χ0v) is 9.66. The van der Waals surface area contributed by atoms with E-state index in [1.165, 1.54) is 18.4 Å². The van der Waals surface area contributed by atoms with E-state index in [1.807, 2.05) is 25.2 Å². The molecule has 0 N–H and O–H groups in total. The SMILES string of the molecule is CCc1cnc(N(C)C)c(OC2CC2)c1. The number of rotatable bonds is 4. The van der Waals surface area contributed by atoms with Gasteiger partial charge in [-0.15, -0.1) is 0 Å². The molecule has 0 atom stereocenters. The van der Waals surface area contributed by atoms with Crippen LogP contribution < -0.4 is 9.64 Å². The zero-order chi connectivity index (χ0) is 10.8. The van der Waals surface area contributed by atoms with E-state index in [-0.39, 0.29) is 0 Å². The van der Waals surface area contributed by atoms with Crippen molar-refractivity contribution in [1.29, 1.82) is 0 Å². The monoisotopic (exact) mass is 206 g/mol. The predicted molar refractivity (Wildman–Crippen MR) is 61.6 cm³/mol. The fourth-order valence-electron chi connectivity index (χ4n) is 1.46. The largest absolute Gasteiger partial charge is 0.487 e. The first kappa shape index (κ1) is 10.3. The van der Waals surface area contributed by atoms with E-state index in [1.54, 1.807) is 0 Å². The van der Waals surface area contributed by atoms with Crippen molar-refractivity contribution in [2.45, 2.75) is 32.3 Å². The summed E-state index contributed by atoms with van der Waals surface area (Å²) in [4.78, 5) is 6.43. The average Bonchev–Trinajstić information content (AvgIpc) is 3.01. The minimum absolute atomic E-state index is 0.428. The lowest BCUT2D eigenvalue weighted by molar-refractivity contribution is 0.302. The van der Waals surface area contributed by atoms with E-state index in [9.17, 15) is 0 Å². The molecular weight excluding hydrogens is 188 g/mol. The number of pyridine rings is 1. The third kappa shape index (κ3) is 2.41. The van der Waals surface area contributed by atoms with Gasteiger partial charge in [0.25, 0.3) is 0 Å². The molecule has 2 rings (SSSR count). The first-order valence-corrected chi connectivity index (χ1v) is 5.53. The van der Waals surface area contributed by atoms with Crippen molar-refractivity contribution in [1.82, 2.24) is 4.98 Å². The summed E-state index contributed by atoms with van der Waals surface area (Å²) in [6.45, 7) is 2.13. The molecule has 1 aromatic heterocycles. The Morgan fingerprint density at radius 3 is 2.73 bits per heavy atom. The van der Waals surface area contributed by atoms with Gasteiger partial charge in [0.2, 0.25) is 0 Å². The second kappa shape index (κ2) is 4.09. The van der Waals surface area contributed by atoms with E-state index in [2.05, 4.69) is 18.0 Å². The molecule has 0 radical (unpaired) electrons. The molecule has 1 saturated carbocycles. The third-order valence-corrected chi connectivity index (χ3v) is 2.54. The summed E-state index contributed by atoms with van der Waals surface area (Å²) < 4.78 is 5.86. The summed E-state index contributed by atoms with van der Waals surface area (Å²) in [5.74, 6) is 1.86. The molecule has 3 nitrogen and oxygen atoms in total. The van der Waals surface area contributed by atoms with Gasteiger partial charge in [0.15, 0.2) is 11.6 Å². The molecule has 0 aliphatic heterocycles. The first-order chi connectivity index (χ1) is 7.20. The molecule has 1 aliphatic carbocycles. The van der Waals surface area contributed by atoms with Crippen LogP contribution in [0.1, 0.15) is 25.3 Å². The van der Waals surface area contributed by atoms with E-state index in [0.717, 1.165) is 18.0 Å². The number of ether oxygens (including phenoxy) is 1. The predicted octanol–water partition coefficient (Wildman–Crippen LogP) is 2.25. The topological polar surface area (TPSA) is 25.4 Å². The highest BCUT2D eigenvalue weighted by Gasteiger charge is 2.25. The Morgan fingerprint density at radius 2 is 2.20 bits per heavy atom. The molecule has 0 aromatic carbocycles. The Morgan fingerprint density at radius 1 is 1.47 bits per heavy atom. The van der Waals surface area contributed by atoms with Crippen LogP contribution in [-0.4, -0.2) is 25.2 Å². The number of nitrogens with zero attached hydrogens (tertiary/aromatic N) is 2. The maximum Gasteiger partial charge on any atom is 0.170 e. The summed E-state index contributed by atoms with van der Waals surface area (Å²) in [7, 11) is 3.99. The molecule has 15 heavy (non-hydrogen) atoms. The summed E-state index contributed by atoms with van der Waals surface area (Å²) in [6, 6.07) is 2.11. The summed E-state index contributed by atoms with van der Waals surface area (Å²) in [5, 5.41) is 0. The van der Waals surface area contributed by atoms with Gasteiger partial charge >= 0.3 is 0 Å². The van der Waals surface area contributed by atoms with Crippen LogP contribution in [0.3, 0.4) is 0 Å². The van der Waals surface area contributed by atoms with E-state index in [0.29, 0.717) is 6.10 Å². The summed E-state index contributed by atoms with van der Waals surface area (Å²) >= 11 is 0. The fraction of sp³-hybridized carbons (Fsp3) is 0.583. The van der Waals surface area contributed by atoms with Crippen LogP contribution in [0.2, 0.25) is 0 Å². The summed E-state index contributed by atoms with van der Waals surface area (Å²) in [6.07, 6.45) is 5.72. The molecule has 0 saturated heterocycles. The van der Waals surface area contributed by atoms with E-state index in [4.69, 9.17) is 4.74 Å². The van der Waals surface area contributed by atoms with Gasteiger partial charge in [-0.1, -0.05) is 6.92 Å². The minimum atomic E-state index is 0.428. The molecule has 0 amide bonds. The van der Waals surface area contributed by atoms with Gasteiger partial charge in [-0.2, -0.15) is 0 Å². The maximum atomic E-state index is 5.86. The molecule has 1 fully saturated rings. The Balaban J connectivity index is 2.26. The quantitative estimate of drug-likeness (QED) is 0.755. The lowest BCUT2D eigenvalue weighted by atomic mass is 10.2. The highest BCUT2D eigenvalue weighted by atomic mass is 16.5. The highest BCUT2D eigenvalue weighted by molar-refractivity contribution is 5.52. The lowest BCUT2D eigenvalue weighted by Gasteiger charge is -2.17. The van der Waals surface area contributed by atoms with E-state index < -0.39 is 0 Å². The van der Waals surface area contributed by atoms with Crippen molar-refractivity contribution in [2.75, 3.05) is 19.0 Å².